The van der Waals surface area contributed by atoms with E-state index >= 15 is 0 Å². The standard InChI is InChI=1S/C9H3F9O9S3/c10-7(11,12)28(19,20)25-4-1-5(26-29(21,22)8(13,14)15)3-6(2-4)27-30(23,24)9(16,17)18/h1-3H. The first-order valence-corrected chi connectivity index (χ1v) is 10.4. The van der Waals surface area contributed by atoms with Crippen LogP contribution >= 0.6 is 0 Å². The Labute approximate surface area is 160 Å². The Hall–Kier alpha value is -2.16. The molecule has 0 heterocycles. The van der Waals surface area contributed by atoms with Crippen molar-refractivity contribution in [3.63, 3.8) is 0 Å². The van der Waals surface area contributed by atoms with Crippen LogP contribution in [0.25, 0.3) is 0 Å². The van der Waals surface area contributed by atoms with Crippen LogP contribution in [0.15, 0.2) is 18.2 Å². The van der Waals surface area contributed by atoms with E-state index in [9.17, 15) is 64.8 Å². The van der Waals surface area contributed by atoms with Gasteiger partial charge < -0.3 is 12.5 Å². The lowest BCUT2D eigenvalue weighted by atomic mass is 10.3. The van der Waals surface area contributed by atoms with E-state index < -0.39 is 64.1 Å². The minimum absolute atomic E-state index is 0.250. The quantitative estimate of drug-likeness (QED) is 0.314. The normalized spacial score (nSPS) is 14.3. The molecule has 21 heteroatoms. The highest BCUT2D eigenvalue weighted by molar-refractivity contribution is 7.88. The second-order valence-corrected chi connectivity index (χ2v) is 9.20. The van der Waals surface area contributed by atoms with Crippen LogP contribution in [-0.2, 0) is 30.4 Å². The summed E-state index contributed by atoms with van der Waals surface area (Å²) in [5.74, 6) is -5.43. The van der Waals surface area contributed by atoms with Gasteiger partial charge in [0.25, 0.3) is 0 Å². The van der Waals surface area contributed by atoms with Crippen LogP contribution < -0.4 is 12.5 Å². The first kappa shape index (κ1) is 25.9. The third-order valence-corrected chi connectivity index (χ3v) is 5.26. The SMILES string of the molecule is O=S(=O)(Oc1cc(OS(=O)(=O)C(F)(F)F)cc(OS(=O)(=O)C(F)(F)F)c1)C(F)(F)F. The van der Waals surface area contributed by atoms with E-state index in [-0.39, 0.29) is 18.2 Å². The molecular formula is C9H3F9O9S3. The molecule has 0 N–H and O–H groups in total. The smallest absolute Gasteiger partial charge is 0.376 e. The van der Waals surface area contributed by atoms with Gasteiger partial charge in [-0.3, -0.25) is 0 Å². The summed E-state index contributed by atoms with van der Waals surface area (Å²) in [6, 6.07) is -0.751. The van der Waals surface area contributed by atoms with Gasteiger partial charge in [0.05, 0.1) is 0 Å². The van der Waals surface area contributed by atoms with Crippen molar-refractivity contribution in [2.24, 2.45) is 0 Å². The van der Waals surface area contributed by atoms with Gasteiger partial charge in [-0.15, -0.1) is 0 Å². The van der Waals surface area contributed by atoms with Crippen molar-refractivity contribution in [1.82, 2.24) is 0 Å². The number of hydrogen-bond acceptors (Lipinski definition) is 9. The van der Waals surface area contributed by atoms with Gasteiger partial charge in [0.1, 0.15) is 17.2 Å². The molecule has 0 aliphatic rings. The third kappa shape index (κ3) is 5.93. The van der Waals surface area contributed by atoms with Crippen molar-refractivity contribution in [2.75, 3.05) is 0 Å². The van der Waals surface area contributed by atoms with Gasteiger partial charge in [0.15, 0.2) is 0 Å². The van der Waals surface area contributed by atoms with Crippen molar-refractivity contribution < 1.29 is 77.3 Å². The molecule has 174 valence electrons. The summed E-state index contributed by atoms with van der Waals surface area (Å²) < 4.78 is 186. The lowest BCUT2D eigenvalue weighted by Gasteiger charge is -2.14. The molecule has 30 heavy (non-hydrogen) atoms. The van der Waals surface area contributed by atoms with Gasteiger partial charge in [0, 0.05) is 18.2 Å². The summed E-state index contributed by atoms with van der Waals surface area (Å²) in [5.41, 5.74) is -18.5. The summed E-state index contributed by atoms with van der Waals surface area (Å²) >= 11 is 0. The zero-order valence-corrected chi connectivity index (χ0v) is 15.5. The number of halogens is 9. The Morgan fingerprint density at radius 3 is 0.767 bits per heavy atom. The molecule has 0 aromatic heterocycles. The summed E-state index contributed by atoms with van der Waals surface area (Å²) in [4.78, 5) is 0. The monoisotopic (exact) mass is 522 g/mol. The van der Waals surface area contributed by atoms with Gasteiger partial charge in [-0.05, 0) is 0 Å². The molecule has 0 aliphatic carbocycles. The minimum atomic E-state index is -6.58. The molecule has 1 aromatic rings. The predicted molar refractivity (Wildman–Crippen MR) is 73.3 cm³/mol. The molecule has 9 nitrogen and oxygen atoms in total. The average molecular weight is 522 g/mol. The van der Waals surface area contributed by atoms with Crippen molar-refractivity contribution in [2.45, 2.75) is 16.5 Å². The number of alkyl halides is 9. The zero-order chi connectivity index (χ0) is 24.0. The molecule has 0 radical (unpaired) electrons. The van der Waals surface area contributed by atoms with E-state index in [0.717, 1.165) is 0 Å². The number of hydrogen-bond donors (Lipinski definition) is 0. The van der Waals surface area contributed by atoms with Crippen molar-refractivity contribution in [1.29, 1.82) is 0 Å². The molecule has 1 rings (SSSR count). The lowest BCUT2D eigenvalue weighted by molar-refractivity contribution is -0.0502. The molecule has 1 aromatic carbocycles. The number of benzene rings is 1. The van der Waals surface area contributed by atoms with E-state index in [1.807, 2.05) is 0 Å². The molecule has 0 atom stereocenters. The maximum absolute atomic E-state index is 12.3. The Bertz CT molecular complexity index is 958. The fourth-order valence-corrected chi connectivity index (χ4v) is 2.54. The molecule has 0 aliphatic heterocycles. The van der Waals surface area contributed by atoms with E-state index in [2.05, 4.69) is 12.5 Å². The molecule has 0 bridgehead atoms. The van der Waals surface area contributed by atoms with Crippen LogP contribution in [-0.4, -0.2) is 41.8 Å². The van der Waals surface area contributed by atoms with Crippen LogP contribution in [0.4, 0.5) is 39.5 Å². The summed E-state index contributed by atoms with van der Waals surface area (Å²) in [5, 5.41) is 0. The highest BCUT2D eigenvalue weighted by Crippen LogP contribution is 2.36. The van der Waals surface area contributed by atoms with Gasteiger partial charge >= 0.3 is 46.9 Å². The molecule has 0 fully saturated rings. The third-order valence-electron chi connectivity index (χ3n) is 2.32. The maximum Gasteiger partial charge on any atom is 0.534 e. The molecular weight excluding hydrogens is 519 g/mol. The van der Waals surface area contributed by atoms with Gasteiger partial charge in [-0.1, -0.05) is 0 Å². The van der Waals surface area contributed by atoms with Crippen LogP contribution in [0.1, 0.15) is 0 Å². The van der Waals surface area contributed by atoms with Gasteiger partial charge in [0.2, 0.25) is 0 Å². The summed E-state index contributed by atoms with van der Waals surface area (Å²) in [6.07, 6.45) is 0. The maximum atomic E-state index is 12.3. The Kier molecular flexibility index (Phi) is 6.48. The largest absolute Gasteiger partial charge is 0.534 e. The van der Waals surface area contributed by atoms with Crippen molar-refractivity contribution in [3.8, 4) is 17.2 Å². The Morgan fingerprint density at radius 1 is 0.467 bits per heavy atom. The second-order valence-electron chi connectivity index (χ2n) is 4.59. The Balaban J connectivity index is 3.57. The Morgan fingerprint density at radius 2 is 0.633 bits per heavy atom. The highest BCUT2D eigenvalue weighted by atomic mass is 32.2. The molecule has 0 saturated heterocycles. The molecule has 0 amide bonds. The summed E-state index contributed by atoms with van der Waals surface area (Å²) in [6.45, 7) is 0. The first-order chi connectivity index (χ1) is 13.0. The highest BCUT2D eigenvalue weighted by Gasteiger charge is 2.51. The van der Waals surface area contributed by atoms with E-state index in [1.54, 1.807) is 0 Å². The topological polar surface area (TPSA) is 130 Å². The van der Waals surface area contributed by atoms with Crippen LogP contribution in [0, 0.1) is 0 Å². The van der Waals surface area contributed by atoms with E-state index in [0.29, 0.717) is 0 Å². The average Bonchev–Trinajstić information content (AvgIpc) is 2.41. The molecule has 0 unspecified atom stereocenters. The van der Waals surface area contributed by atoms with E-state index in [1.165, 1.54) is 0 Å². The molecule has 0 spiro atoms. The predicted octanol–water partition coefficient (Wildman–Crippen LogP) is 2.37. The van der Waals surface area contributed by atoms with Gasteiger partial charge in [-0.25, -0.2) is 0 Å². The van der Waals surface area contributed by atoms with Crippen molar-refractivity contribution >= 4 is 30.4 Å². The van der Waals surface area contributed by atoms with Crippen LogP contribution in [0.5, 0.6) is 17.2 Å². The number of rotatable bonds is 6. The summed E-state index contributed by atoms with van der Waals surface area (Å²) in [7, 11) is -19.7. The lowest BCUT2D eigenvalue weighted by Crippen LogP contribution is -2.29. The first-order valence-electron chi connectivity index (χ1n) is 6.16. The van der Waals surface area contributed by atoms with Gasteiger partial charge in [-0.2, -0.15) is 64.8 Å². The second kappa shape index (κ2) is 7.51. The fraction of sp³-hybridized carbons (Fsp3) is 0.333. The zero-order valence-electron chi connectivity index (χ0n) is 13.0. The fourth-order valence-electron chi connectivity index (χ4n) is 1.21. The van der Waals surface area contributed by atoms with Crippen molar-refractivity contribution in [3.05, 3.63) is 18.2 Å². The van der Waals surface area contributed by atoms with Crippen LogP contribution in [0.2, 0.25) is 0 Å². The minimum Gasteiger partial charge on any atom is -0.376 e. The molecule has 0 saturated carbocycles. The van der Waals surface area contributed by atoms with E-state index in [4.69, 9.17) is 0 Å². The van der Waals surface area contributed by atoms with Crippen LogP contribution in [0.3, 0.4) is 0 Å².